The molecule has 1 aliphatic heterocycles. The van der Waals surface area contributed by atoms with Crippen LogP contribution in [0.25, 0.3) is 0 Å². The first-order valence-electron chi connectivity index (χ1n) is 8.63. The number of nitrogens with zero attached hydrogens (tertiary/aromatic N) is 1. The molecule has 3 aliphatic rings. The van der Waals surface area contributed by atoms with Crippen LogP contribution in [-0.2, 0) is 9.59 Å². The van der Waals surface area contributed by atoms with Crippen LogP contribution in [0.1, 0.15) is 59.3 Å². The van der Waals surface area contributed by atoms with Crippen molar-refractivity contribution in [1.29, 1.82) is 0 Å². The van der Waals surface area contributed by atoms with Crippen LogP contribution in [0, 0.1) is 17.8 Å². The zero-order chi connectivity index (χ0) is 15.1. The molecule has 3 fully saturated rings. The Kier molecular flexibility index (Phi) is 3.98. The monoisotopic (exact) mass is 292 g/mol. The molecule has 4 nitrogen and oxygen atoms in total. The lowest BCUT2D eigenvalue weighted by Crippen LogP contribution is -2.68. The maximum Gasteiger partial charge on any atom is 0.246 e. The average Bonchev–Trinajstić information content (AvgIpc) is 3.13. The Morgan fingerprint density at radius 2 is 1.67 bits per heavy atom. The van der Waals surface area contributed by atoms with E-state index in [1.165, 1.54) is 25.7 Å². The smallest absolute Gasteiger partial charge is 0.246 e. The summed E-state index contributed by atoms with van der Waals surface area (Å²) in [7, 11) is 0. The molecule has 1 saturated heterocycles. The van der Waals surface area contributed by atoms with Crippen molar-refractivity contribution in [1.82, 2.24) is 10.2 Å². The van der Waals surface area contributed by atoms with Crippen LogP contribution in [0.5, 0.6) is 0 Å². The predicted octanol–water partition coefficient (Wildman–Crippen LogP) is 2.33. The van der Waals surface area contributed by atoms with E-state index < -0.39 is 0 Å². The zero-order valence-electron chi connectivity index (χ0n) is 13.5. The highest BCUT2D eigenvalue weighted by atomic mass is 16.2. The number of rotatable bonds is 4. The van der Waals surface area contributed by atoms with E-state index in [9.17, 15) is 9.59 Å². The number of nitrogens with one attached hydrogen (secondary N) is 1. The molecule has 1 heterocycles. The van der Waals surface area contributed by atoms with Gasteiger partial charge < -0.3 is 10.2 Å². The normalized spacial score (nSPS) is 32.7. The SMILES string of the molecule is CC(C)C1C(=O)NC(C2CC2)C(=O)N1C(C)C1CCCC1. The van der Waals surface area contributed by atoms with Gasteiger partial charge in [0.25, 0.3) is 0 Å². The van der Waals surface area contributed by atoms with Gasteiger partial charge in [0, 0.05) is 6.04 Å². The molecular formula is C17H28N2O2. The Hall–Kier alpha value is -1.06. The van der Waals surface area contributed by atoms with Gasteiger partial charge in [0.15, 0.2) is 0 Å². The van der Waals surface area contributed by atoms with Crippen LogP contribution < -0.4 is 5.32 Å². The minimum Gasteiger partial charge on any atom is -0.342 e. The van der Waals surface area contributed by atoms with Crippen molar-refractivity contribution in [3.8, 4) is 0 Å². The van der Waals surface area contributed by atoms with Crippen molar-refractivity contribution >= 4 is 11.8 Å². The molecule has 3 atom stereocenters. The number of carbonyl (C=O) groups excluding carboxylic acids is 2. The highest BCUT2D eigenvalue weighted by Gasteiger charge is 2.49. The van der Waals surface area contributed by atoms with Crippen molar-refractivity contribution in [3.63, 3.8) is 0 Å². The van der Waals surface area contributed by atoms with Gasteiger partial charge in [0.2, 0.25) is 11.8 Å². The summed E-state index contributed by atoms with van der Waals surface area (Å²) < 4.78 is 0. The van der Waals surface area contributed by atoms with Gasteiger partial charge in [-0.3, -0.25) is 9.59 Å². The van der Waals surface area contributed by atoms with Gasteiger partial charge in [-0.1, -0.05) is 26.7 Å². The molecule has 21 heavy (non-hydrogen) atoms. The summed E-state index contributed by atoms with van der Waals surface area (Å²) in [4.78, 5) is 27.5. The minimum atomic E-state index is -0.289. The fraction of sp³-hybridized carbons (Fsp3) is 0.882. The minimum absolute atomic E-state index is 0.0614. The molecule has 0 aromatic carbocycles. The van der Waals surface area contributed by atoms with Crippen molar-refractivity contribution in [2.45, 2.75) is 77.4 Å². The maximum absolute atomic E-state index is 13.0. The van der Waals surface area contributed by atoms with Crippen molar-refractivity contribution in [3.05, 3.63) is 0 Å². The fourth-order valence-corrected chi connectivity index (χ4v) is 4.22. The van der Waals surface area contributed by atoms with Crippen LogP contribution in [-0.4, -0.2) is 34.8 Å². The second-order valence-corrected chi connectivity index (χ2v) is 7.54. The van der Waals surface area contributed by atoms with Crippen molar-refractivity contribution in [2.75, 3.05) is 0 Å². The first kappa shape index (κ1) is 14.9. The molecule has 0 radical (unpaired) electrons. The Balaban J connectivity index is 1.85. The van der Waals surface area contributed by atoms with E-state index in [1.807, 2.05) is 18.7 Å². The lowest BCUT2D eigenvalue weighted by atomic mass is 9.89. The van der Waals surface area contributed by atoms with E-state index >= 15 is 0 Å². The summed E-state index contributed by atoms with van der Waals surface area (Å²) in [5, 5.41) is 3.00. The molecule has 1 N–H and O–H groups in total. The number of piperazine rings is 1. The van der Waals surface area contributed by atoms with Gasteiger partial charge in [-0.2, -0.15) is 0 Å². The maximum atomic E-state index is 13.0. The highest BCUT2D eigenvalue weighted by molar-refractivity contribution is 5.97. The third kappa shape index (κ3) is 2.69. The van der Waals surface area contributed by atoms with E-state index in [4.69, 9.17) is 0 Å². The van der Waals surface area contributed by atoms with E-state index in [1.54, 1.807) is 0 Å². The fourth-order valence-electron chi connectivity index (χ4n) is 4.22. The van der Waals surface area contributed by atoms with Crippen LogP contribution in [0.4, 0.5) is 0 Å². The summed E-state index contributed by atoms with van der Waals surface area (Å²) in [6, 6.07) is -0.348. The molecule has 0 aromatic heterocycles. The Morgan fingerprint density at radius 3 is 2.19 bits per heavy atom. The molecule has 0 bridgehead atoms. The molecule has 2 amide bonds. The first-order chi connectivity index (χ1) is 10.0. The van der Waals surface area contributed by atoms with Crippen LogP contribution in [0.2, 0.25) is 0 Å². The van der Waals surface area contributed by atoms with Gasteiger partial charge >= 0.3 is 0 Å². The molecule has 2 saturated carbocycles. The van der Waals surface area contributed by atoms with E-state index in [2.05, 4.69) is 12.2 Å². The summed E-state index contributed by atoms with van der Waals surface area (Å²) in [5.41, 5.74) is 0. The molecule has 3 rings (SSSR count). The van der Waals surface area contributed by atoms with E-state index in [0.29, 0.717) is 11.8 Å². The molecule has 118 valence electrons. The molecular weight excluding hydrogens is 264 g/mol. The largest absolute Gasteiger partial charge is 0.342 e. The van der Waals surface area contributed by atoms with Gasteiger partial charge in [-0.05, 0) is 50.4 Å². The summed E-state index contributed by atoms with van der Waals surface area (Å²) in [6.45, 7) is 6.25. The Labute approximate surface area is 127 Å². The number of carbonyl (C=O) groups is 2. The van der Waals surface area contributed by atoms with E-state index in [-0.39, 0.29) is 35.9 Å². The van der Waals surface area contributed by atoms with Gasteiger partial charge in [0.05, 0.1) is 0 Å². The van der Waals surface area contributed by atoms with Crippen LogP contribution >= 0.6 is 0 Å². The Morgan fingerprint density at radius 1 is 1.05 bits per heavy atom. The second-order valence-electron chi connectivity index (χ2n) is 7.54. The van der Waals surface area contributed by atoms with Gasteiger partial charge in [-0.15, -0.1) is 0 Å². The summed E-state index contributed by atoms with van der Waals surface area (Å²) in [5.74, 6) is 1.35. The zero-order valence-corrected chi connectivity index (χ0v) is 13.5. The second kappa shape index (κ2) is 5.62. The third-order valence-electron chi connectivity index (χ3n) is 5.63. The van der Waals surface area contributed by atoms with E-state index in [0.717, 1.165) is 12.8 Å². The lowest BCUT2D eigenvalue weighted by Gasteiger charge is -2.46. The van der Waals surface area contributed by atoms with Gasteiger partial charge in [-0.25, -0.2) is 0 Å². The van der Waals surface area contributed by atoms with Crippen molar-refractivity contribution in [2.24, 2.45) is 17.8 Å². The highest BCUT2D eigenvalue weighted by Crippen LogP contribution is 2.38. The quantitative estimate of drug-likeness (QED) is 0.864. The van der Waals surface area contributed by atoms with Crippen LogP contribution in [0.15, 0.2) is 0 Å². The molecule has 0 spiro atoms. The van der Waals surface area contributed by atoms with Gasteiger partial charge in [0.1, 0.15) is 12.1 Å². The summed E-state index contributed by atoms with van der Waals surface area (Å²) >= 11 is 0. The molecule has 2 aliphatic carbocycles. The third-order valence-corrected chi connectivity index (χ3v) is 5.63. The number of hydrogen-bond acceptors (Lipinski definition) is 2. The predicted molar refractivity (Wildman–Crippen MR) is 81.5 cm³/mol. The molecule has 4 heteroatoms. The van der Waals surface area contributed by atoms with Crippen LogP contribution in [0.3, 0.4) is 0 Å². The number of hydrogen-bond donors (Lipinski definition) is 1. The van der Waals surface area contributed by atoms with Crippen molar-refractivity contribution < 1.29 is 9.59 Å². The summed E-state index contributed by atoms with van der Waals surface area (Å²) in [6.07, 6.45) is 7.09. The Bertz CT molecular complexity index is 425. The average molecular weight is 292 g/mol. The lowest BCUT2D eigenvalue weighted by molar-refractivity contribution is -0.155. The molecule has 3 unspecified atom stereocenters. The molecule has 0 aromatic rings. The first-order valence-corrected chi connectivity index (χ1v) is 8.63. The topological polar surface area (TPSA) is 49.4 Å². The standard InChI is InChI=1S/C17H28N2O2/c1-10(2)15-16(20)18-14(13-8-9-13)17(21)19(15)11(3)12-6-4-5-7-12/h10-15H,4-9H2,1-3H3,(H,18,20). The number of amides is 2.